The summed E-state index contributed by atoms with van der Waals surface area (Å²) in [6, 6.07) is 10.4. The fourth-order valence-electron chi connectivity index (χ4n) is 5.02. The van der Waals surface area contributed by atoms with Gasteiger partial charge in [-0.05, 0) is 47.9 Å². The van der Waals surface area contributed by atoms with E-state index < -0.39 is 8.80 Å². The first kappa shape index (κ1) is 16.2. The highest BCUT2D eigenvalue weighted by molar-refractivity contribution is 6.60. The van der Waals surface area contributed by atoms with E-state index in [2.05, 4.69) is 6.92 Å². The zero-order valence-electron chi connectivity index (χ0n) is 14.1. The number of benzene rings is 1. The van der Waals surface area contributed by atoms with Gasteiger partial charge in [-0.3, -0.25) is 0 Å². The van der Waals surface area contributed by atoms with Crippen molar-refractivity contribution in [3.8, 4) is 0 Å². The molecule has 1 heterocycles. The molecule has 0 radical (unpaired) electrons. The molecule has 22 heavy (non-hydrogen) atoms. The Hall–Kier alpha value is -0.633. The molecular weight excluding hydrogens is 287 g/mol. The van der Waals surface area contributed by atoms with E-state index in [0.717, 1.165) is 11.5 Å². The third-order valence-electron chi connectivity index (χ3n) is 6.37. The molecule has 1 aliphatic heterocycles. The Morgan fingerprint density at radius 3 is 2.18 bits per heavy atom. The first-order valence-electron chi connectivity index (χ1n) is 9.51. The van der Waals surface area contributed by atoms with Gasteiger partial charge in [-0.1, -0.05) is 69.7 Å². The van der Waals surface area contributed by atoms with Gasteiger partial charge in [0.15, 0.2) is 0 Å². The minimum atomic E-state index is -0.501. The summed E-state index contributed by atoms with van der Waals surface area (Å²) in [5, 5.41) is 0. The van der Waals surface area contributed by atoms with Crippen LogP contribution in [-0.4, -0.2) is 8.80 Å². The zero-order chi connectivity index (χ0) is 15.4. The molecular formula is C20H31FSi. The van der Waals surface area contributed by atoms with Crippen LogP contribution in [0.1, 0.15) is 69.8 Å². The Morgan fingerprint density at radius 1 is 0.955 bits per heavy atom. The van der Waals surface area contributed by atoms with Crippen LogP contribution in [0.4, 0.5) is 4.39 Å². The molecule has 0 amide bonds. The van der Waals surface area contributed by atoms with Crippen LogP contribution in [-0.2, 0) is 0 Å². The molecule has 0 atom stereocenters. The highest BCUT2D eigenvalue weighted by atomic mass is 28.3. The Labute approximate surface area is 137 Å². The van der Waals surface area contributed by atoms with E-state index in [1.54, 1.807) is 25.0 Å². The van der Waals surface area contributed by atoms with E-state index in [4.69, 9.17) is 0 Å². The monoisotopic (exact) mass is 318 g/mol. The maximum atomic E-state index is 13.1. The summed E-state index contributed by atoms with van der Waals surface area (Å²) in [6.45, 7) is 2.33. The van der Waals surface area contributed by atoms with Crippen molar-refractivity contribution in [2.45, 2.75) is 81.8 Å². The SMILES string of the molecule is CCCC1CCC([SiH]2CCC(c3ccc(F)cc3)CC2)CC1. The average Bonchev–Trinajstić information content (AvgIpc) is 2.57. The van der Waals surface area contributed by atoms with Gasteiger partial charge in [-0.25, -0.2) is 4.39 Å². The van der Waals surface area contributed by atoms with E-state index >= 15 is 0 Å². The third-order valence-corrected chi connectivity index (χ3v) is 10.5. The van der Waals surface area contributed by atoms with Crippen molar-refractivity contribution in [2.75, 3.05) is 0 Å². The normalized spacial score (nSPS) is 32.8. The van der Waals surface area contributed by atoms with E-state index in [9.17, 15) is 4.39 Å². The summed E-state index contributed by atoms with van der Waals surface area (Å²) in [5.74, 6) is 1.65. The van der Waals surface area contributed by atoms with Gasteiger partial charge in [-0.15, -0.1) is 0 Å². The van der Waals surface area contributed by atoms with Crippen LogP contribution in [0, 0.1) is 11.7 Å². The largest absolute Gasteiger partial charge is 0.207 e. The van der Waals surface area contributed by atoms with Gasteiger partial charge < -0.3 is 0 Å². The fourth-order valence-corrected chi connectivity index (χ4v) is 9.24. The standard InChI is InChI=1S/C20H31FSi/c1-2-3-16-4-10-20(11-5-16)22-14-12-18(13-15-22)17-6-8-19(21)9-7-17/h6-9,16,18,20,22H,2-5,10-15H2,1H3. The quantitative estimate of drug-likeness (QED) is 0.572. The van der Waals surface area contributed by atoms with Crippen LogP contribution >= 0.6 is 0 Å². The van der Waals surface area contributed by atoms with E-state index in [-0.39, 0.29) is 5.82 Å². The van der Waals surface area contributed by atoms with Crippen molar-refractivity contribution in [2.24, 2.45) is 5.92 Å². The van der Waals surface area contributed by atoms with Crippen LogP contribution in [0.25, 0.3) is 0 Å². The second-order valence-electron chi connectivity index (χ2n) is 7.73. The van der Waals surface area contributed by atoms with Crippen molar-refractivity contribution < 1.29 is 4.39 Å². The first-order chi connectivity index (χ1) is 10.8. The molecule has 1 aromatic rings. The molecule has 1 aromatic carbocycles. The Bertz CT molecular complexity index is 439. The lowest BCUT2D eigenvalue weighted by Crippen LogP contribution is -2.29. The van der Waals surface area contributed by atoms with Crippen LogP contribution in [0.5, 0.6) is 0 Å². The predicted octanol–water partition coefficient (Wildman–Crippen LogP) is 6.29. The topological polar surface area (TPSA) is 0 Å². The molecule has 122 valence electrons. The lowest BCUT2D eigenvalue weighted by Gasteiger charge is -2.37. The highest BCUT2D eigenvalue weighted by Crippen LogP contribution is 2.43. The van der Waals surface area contributed by atoms with Crippen molar-refractivity contribution >= 4 is 8.80 Å². The average molecular weight is 319 g/mol. The zero-order valence-corrected chi connectivity index (χ0v) is 15.2. The minimum absolute atomic E-state index is 0.101. The molecule has 0 unspecified atom stereocenters. The van der Waals surface area contributed by atoms with Gasteiger partial charge in [0.2, 0.25) is 0 Å². The summed E-state index contributed by atoms with van der Waals surface area (Å²) in [4.78, 5) is 0. The molecule has 0 bridgehead atoms. The van der Waals surface area contributed by atoms with Gasteiger partial charge in [-0.2, -0.15) is 0 Å². The molecule has 2 heteroatoms. The van der Waals surface area contributed by atoms with Crippen molar-refractivity contribution in [3.63, 3.8) is 0 Å². The summed E-state index contributed by atoms with van der Waals surface area (Å²) in [6.07, 6.45) is 11.7. The third kappa shape index (κ3) is 4.01. The maximum Gasteiger partial charge on any atom is 0.123 e. The molecule has 1 aliphatic carbocycles. The minimum Gasteiger partial charge on any atom is -0.207 e. The summed E-state index contributed by atoms with van der Waals surface area (Å²) in [7, 11) is -0.501. The smallest absolute Gasteiger partial charge is 0.123 e. The summed E-state index contributed by atoms with van der Waals surface area (Å²) < 4.78 is 13.1. The first-order valence-corrected chi connectivity index (χ1v) is 11.8. The van der Waals surface area contributed by atoms with Crippen LogP contribution in [0.3, 0.4) is 0 Å². The van der Waals surface area contributed by atoms with Crippen molar-refractivity contribution in [1.29, 1.82) is 0 Å². The van der Waals surface area contributed by atoms with Crippen molar-refractivity contribution in [1.82, 2.24) is 0 Å². The molecule has 1 saturated carbocycles. The summed E-state index contributed by atoms with van der Waals surface area (Å²) >= 11 is 0. The molecule has 0 N–H and O–H groups in total. The lowest BCUT2D eigenvalue weighted by molar-refractivity contribution is 0.332. The second-order valence-corrected chi connectivity index (χ2v) is 11.4. The molecule has 1 saturated heterocycles. The van der Waals surface area contributed by atoms with Gasteiger partial charge in [0.1, 0.15) is 5.82 Å². The van der Waals surface area contributed by atoms with Crippen LogP contribution in [0.2, 0.25) is 17.6 Å². The van der Waals surface area contributed by atoms with Gasteiger partial charge in [0.25, 0.3) is 0 Å². The molecule has 2 fully saturated rings. The summed E-state index contributed by atoms with van der Waals surface area (Å²) in [5.41, 5.74) is 2.52. The molecule has 3 rings (SSSR count). The molecule has 0 spiro atoms. The second kappa shape index (κ2) is 7.76. The number of hydrogen-bond donors (Lipinski definition) is 0. The number of rotatable bonds is 4. The number of hydrogen-bond acceptors (Lipinski definition) is 0. The van der Waals surface area contributed by atoms with Gasteiger partial charge in [0, 0.05) is 8.80 Å². The van der Waals surface area contributed by atoms with Gasteiger partial charge >= 0.3 is 0 Å². The maximum absolute atomic E-state index is 13.1. The van der Waals surface area contributed by atoms with E-state index in [0.29, 0.717) is 5.92 Å². The Morgan fingerprint density at radius 2 is 1.59 bits per heavy atom. The molecule has 2 aliphatic rings. The van der Waals surface area contributed by atoms with Crippen LogP contribution in [0.15, 0.2) is 24.3 Å². The van der Waals surface area contributed by atoms with Gasteiger partial charge in [0.05, 0.1) is 0 Å². The lowest BCUT2D eigenvalue weighted by atomic mass is 9.86. The Kier molecular flexibility index (Phi) is 5.73. The van der Waals surface area contributed by atoms with Crippen molar-refractivity contribution in [3.05, 3.63) is 35.6 Å². The molecule has 0 aromatic heterocycles. The Balaban J connectivity index is 1.47. The van der Waals surface area contributed by atoms with E-state index in [1.165, 1.54) is 56.2 Å². The van der Waals surface area contributed by atoms with E-state index in [1.807, 2.05) is 12.1 Å². The fraction of sp³-hybridized carbons (Fsp3) is 0.700. The number of halogens is 1. The highest BCUT2D eigenvalue weighted by Gasteiger charge is 2.31. The predicted molar refractivity (Wildman–Crippen MR) is 95.8 cm³/mol. The molecule has 0 nitrogen and oxygen atoms in total. The van der Waals surface area contributed by atoms with Crippen LogP contribution < -0.4 is 0 Å².